The Kier molecular flexibility index (Phi) is 5.11. The van der Waals surface area contributed by atoms with Crippen LogP contribution < -0.4 is 4.72 Å². The lowest BCUT2D eigenvalue weighted by molar-refractivity contribution is 0.196. The molecule has 0 aliphatic rings. The highest BCUT2D eigenvalue weighted by molar-refractivity contribution is 7.89. The number of benzene rings is 1. The van der Waals surface area contributed by atoms with Crippen molar-refractivity contribution in [3.63, 3.8) is 0 Å². The van der Waals surface area contributed by atoms with E-state index in [9.17, 15) is 8.42 Å². The zero-order valence-electron chi connectivity index (χ0n) is 12.1. The quantitative estimate of drug-likeness (QED) is 0.787. The highest BCUT2D eigenvalue weighted by Crippen LogP contribution is 2.16. The van der Waals surface area contributed by atoms with Crippen molar-refractivity contribution in [3.8, 4) is 5.69 Å². The number of nitrogens with zero attached hydrogens (tertiary/aromatic N) is 2. The Hall–Kier alpha value is -1.70. The van der Waals surface area contributed by atoms with Crippen LogP contribution in [0.2, 0.25) is 0 Å². The van der Waals surface area contributed by atoms with Crippen LogP contribution in [0, 0.1) is 6.92 Å². The maximum atomic E-state index is 12.3. The maximum absolute atomic E-state index is 12.3. The summed E-state index contributed by atoms with van der Waals surface area (Å²) in [5.74, 6) is 0. The normalized spacial score (nSPS) is 11.7. The summed E-state index contributed by atoms with van der Waals surface area (Å²) in [5, 5.41) is 4.26. The van der Waals surface area contributed by atoms with E-state index in [0.29, 0.717) is 25.3 Å². The largest absolute Gasteiger partial charge is 0.385 e. The van der Waals surface area contributed by atoms with Crippen molar-refractivity contribution in [3.05, 3.63) is 42.2 Å². The zero-order valence-corrected chi connectivity index (χ0v) is 12.9. The van der Waals surface area contributed by atoms with Gasteiger partial charge in [0.25, 0.3) is 0 Å². The minimum Gasteiger partial charge on any atom is -0.385 e. The Labute approximate surface area is 124 Å². The molecule has 0 atom stereocenters. The SMILES string of the molecule is COCCCNS(=O)(=O)c1cn(-c2ccccc2)nc1C. The van der Waals surface area contributed by atoms with Gasteiger partial charge in [0.05, 0.1) is 17.6 Å². The van der Waals surface area contributed by atoms with E-state index in [1.165, 1.54) is 6.20 Å². The Bertz CT molecular complexity index is 681. The van der Waals surface area contributed by atoms with E-state index in [1.807, 2.05) is 30.3 Å². The van der Waals surface area contributed by atoms with E-state index in [-0.39, 0.29) is 4.90 Å². The molecule has 0 saturated carbocycles. The van der Waals surface area contributed by atoms with Crippen LogP contribution in [0.3, 0.4) is 0 Å². The van der Waals surface area contributed by atoms with Crippen molar-refractivity contribution in [2.24, 2.45) is 0 Å². The number of para-hydroxylation sites is 1. The van der Waals surface area contributed by atoms with Crippen molar-refractivity contribution in [2.45, 2.75) is 18.2 Å². The van der Waals surface area contributed by atoms with Crippen LogP contribution in [0.15, 0.2) is 41.4 Å². The third-order valence-corrected chi connectivity index (χ3v) is 4.55. The van der Waals surface area contributed by atoms with Crippen molar-refractivity contribution >= 4 is 10.0 Å². The molecule has 0 bridgehead atoms. The first kappa shape index (κ1) is 15.7. The number of hydrogen-bond acceptors (Lipinski definition) is 4. The van der Waals surface area contributed by atoms with Gasteiger partial charge in [-0.05, 0) is 25.5 Å². The number of ether oxygens (including phenoxy) is 1. The van der Waals surface area contributed by atoms with Gasteiger partial charge >= 0.3 is 0 Å². The highest BCUT2D eigenvalue weighted by Gasteiger charge is 2.20. The van der Waals surface area contributed by atoms with Crippen LogP contribution >= 0.6 is 0 Å². The van der Waals surface area contributed by atoms with Gasteiger partial charge in [0.1, 0.15) is 4.90 Å². The van der Waals surface area contributed by atoms with E-state index in [1.54, 1.807) is 18.7 Å². The predicted octanol–water partition coefficient (Wildman–Crippen LogP) is 1.50. The Morgan fingerprint density at radius 2 is 2.00 bits per heavy atom. The summed E-state index contributed by atoms with van der Waals surface area (Å²) in [6.07, 6.45) is 2.16. The molecular formula is C14H19N3O3S. The molecule has 0 radical (unpaired) electrons. The van der Waals surface area contributed by atoms with Gasteiger partial charge in [-0.1, -0.05) is 18.2 Å². The average molecular weight is 309 g/mol. The molecule has 0 amide bonds. The minimum atomic E-state index is -3.55. The van der Waals surface area contributed by atoms with E-state index < -0.39 is 10.0 Å². The van der Waals surface area contributed by atoms with Crippen molar-refractivity contribution < 1.29 is 13.2 Å². The second-order valence-electron chi connectivity index (χ2n) is 4.60. The average Bonchev–Trinajstić information content (AvgIpc) is 2.88. The first-order chi connectivity index (χ1) is 10.0. The van der Waals surface area contributed by atoms with Gasteiger partial charge in [-0.25, -0.2) is 17.8 Å². The minimum absolute atomic E-state index is 0.198. The topological polar surface area (TPSA) is 73.2 Å². The summed E-state index contributed by atoms with van der Waals surface area (Å²) < 4.78 is 33.5. The molecule has 0 aliphatic carbocycles. The lowest BCUT2D eigenvalue weighted by atomic mass is 10.3. The third kappa shape index (κ3) is 3.90. The van der Waals surface area contributed by atoms with Crippen molar-refractivity contribution in [1.29, 1.82) is 0 Å². The van der Waals surface area contributed by atoms with Crippen LogP contribution in [0.1, 0.15) is 12.1 Å². The molecule has 0 aliphatic heterocycles. The molecule has 0 unspecified atom stereocenters. The number of aryl methyl sites for hydroxylation is 1. The van der Waals surface area contributed by atoms with Crippen LogP contribution in [0.4, 0.5) is 0 Å². The maximum Gasteiger partial charge on any atom is 0.243 e. The van der Waals surface area contributed by atoms with E-state index in [2.05, 4.69) is 9.82 Å². The molecule has 7 heteroatoms. The van der Waals surface area contributed by atoms with E-state index in [0.717, 1.165) is 5.69 Å². The highest BCUT2D eigenvalue weighted by atomic mass is 32.2. The number of nitrogens with one attached hydrogen (secondary N) is 1. The summed E-state index contributed by atoms with van der Waals surface area (Å²) in [6, 6.07) is 9.39. The van der Waals surface area contributed by atoms with Gasteiger partial charge in [-0.15, -0.1) is 0 Å². The molecule has 1 N–H and O–H groups in total. The molecule has 1 heterocycles. The van der Waals surface area contributed by atoms with Gasteiger partial charge in [-0.2, -0.15) is 5.10 Å². The lowest BCUT2D eigenvalue weighted by Gasteiger charge is -2.04. The fourth-order valence-corrected chi connectivity index (χ4v) is 3.16. The Balaban J connectivity index is 2.19. The first-order valence-corrected chi connectivity index (χ1v) is 8.13. The molecule has 0 saturated heterocycles. The van der Waals surface area contributed by atoms with Crippen LogP contribution in [-0.4, -0.2) is 38.5 Å². The fraction of sp³-hybridized carbons (Fsp3) is 0.357. The van der Waals surface area contributed by atoms with Crippen LogP contribution in [0.25, 0.3) is 5.69 Å². The molecule has 1 aromatic heterocycles. The molecule has 1 aromatic carbocycles. The number of hydrogen-bond donors (Lipinski definition) is 1. The van der Waals surface area contributed by atoms with E-state index in [4.69, 9.17) is 4.74 Å². The molecule has 6 nitrogen and oxygen atoms in total. The predicted molar refractivity (Wildman–Crippen MR) is 80.0 cm³/mol. The van der Waals surface area contributed by atoms with Crippen molar-refractivity contribution in [1.82, 2.24) is 14.5 Å². The number of sulfonamides is 1. The number of aromatic nitrogens is 2. The van der Waals surface area contributed by atoms with Gasteiger partial charge in [0, 0.05) is 20.3 Å². The molecule has 2 aromatic rings. The molecule has 0 spiro atoms. The third-order valence-electron chi connectivity index (χ3n) is 2.98. The summed E-state index contributed by atoms with van der Waals surface area (Å²) in [6.45, 7) is 2.54. The Morgan fingerprint density at radius 3 is 2.67 bits per heavy atom. The monoisotopic (exact) mass is 309 g/mol. The van der Waals surface area contributed by atoms with Gasteiger partial charge in [0.2, 0.25) is 10.0 Å². The summed E-state index contributed by atoms with van der Waals surface area (Å²) in [5.41, 5.74) is 1.29. The van der Waals surface area contributed by atoms with Crippen molar-refractivity contribution in [2.75, 3.05) is 20.3 Å². The van der Waals surface area contributed by atoms with Gasteiger partial charge in [-0.3, -0.25) is 0 Å². The Morgan fingerprint density at radius 1 is 1.29 bits per heavy atom. The number of rotatable bonds is 7. The van der Waals surface area contributed by atoms with Gasteiger partial charge < -0.3 is 4.74 Å². The summed E-state index contributed by atoms with van der Waals surface area (Å²) in [7, 11) is -1.96. The lowest BCUT2D eigenvalue weighted by Crippen LogP contribution is -2.25. The summed E-state index contributed by atoms with van der Waals surface area (Å²) >= 11 is 0. The number of methoxy groups -OCH3 is 1. The van der Waals surface area contributed by atoms with Gasteiger partial charge in [0.15, 0.2) is 0 Å². The second-order valence-corrected chi connectivity index (χ2v) is 6.34. The smallest absolute Gasteiger partial charge is 0.243 e. The van der Waals surface area contributed by atoms with Crippen LogP contribution in [-0.2, 0) is 14.8 Å². The fourth-order valence-electron chi connectivity index (χ4n) is 1.92. The molecule has 21 heavy (non-hydrogen) atoms. The summed E-state index contributed by atoms with van der Waals surface area (Å²) in [4.78, 5) is 0.198. The van der Waals surface area contributed by atoms with E-state index >= 15 is 0 Å². The first-order valence-electron chi connectivity index (χ1n) is 6.65. The second kappa shape index (κ2) is 6.84. The van der Waals surface area contributed by atoms with Crippen LogP contribution in [0.5, 0.6) is 0 Å². The standard InChI is InChI=1S/C14H19N3O3S/c1-12-14(21(18,19)15-9-6-10-20-2)11-17(16-12)13-7-4-3-5-8-13/h3-5,7-8,11,15H,6,9-10H2,1-2H3. The molecule has 0 fully saturated rings. The molecule has 2 rings (SSSR count). The molecule has 114 valence electrons. The molecular weight excluding hydrogens is 290 g/mol. The zero-order chi connectivity index (χ0) is 15.3.